The van der Waals surface area contributed by atoms with Crippen molar-refractivity contribution in [2.45, 2.75) is 49.6 Å². The van der Waals surface area contributed by atoms with Crippen molar-refractivity contribution in [1.82, 2.24) is 10.0 Å². The molecule has 5 heteroatoms. The maximum absolute atomic E-state index is 12.1. The molecular weight excluding hydrogens is 272 g/mol. The maximum Gasteiger partial charge on any atom is 0.240 e. The Bertz CT molecular complexity index is 564. The molecule has 1 aromatic rings. The highest BCUT2D eigenvalue weighted by molar-refractivity contribution is 7.89. The smallest absolute Gasteiger partial charge is 0.240 e. The molecule has 4 nitrogen and oxygen atoms in total. The number of benzene rings is 1. The second-order valence-electron chi connectivity index (χ2n) is 6.06. The molecule has 0 aromatic heterocycles. The number of rotatable bonds is 7. The van der Waals surface area contributed by atoms with E-state index in [1.807, 2.05) is 12.1 Å². The van der Waals surface area contributed by atoms with Crippen LogP contribution in [0.3, 0.4) is 0 Å². The number of nitrogens with one attached hydrogen (secondary N) is 2. The summed E-state index contributed by atoms with van der Waals surface area (Å²) in [6, 6.07) is 8.10. The van der Waals surface area contributed by atoms with Gasteiger partial charge in [-0.25, -0.2) is 13.1 Å². The monoisotopic (exact) mass is 294 g/mol. The molecule has 2 N–H and O–H groups in total. The van der Waals surface area contributed by atoms with Gasteiger partial charge in [0, 0.05) is 12.1 Å². The maximum atomic E-state index is 12.1. The third-order valence-corrected chi connectivity index (χ3v) is 5.58. The lowest BCUT2D eigenvalue weighted by Crippen LogP contribution is -2.26. The quantitative estimate of drug-likeness (QED) is 0.804. The van der Waals surface area contributed by atoms with Gasteiger partial charge in [0.2, 0.25) is 10.0 Å². The van der Waals surface area contributed by atoms with Crippen LogP contribution in [-0.2, 0) is 16.4 Å². The molecule has 0 spiro atoms. The Morgan fingerprint density at radius 1 is 1.20 bits per heavy atom. The van der Waals surface area contributed by atoms with Crippen molar-refractivity contribution in [3.05, 3.63) is 29.8 Å². The minimum Gasteiger partial charge on any atom is -0.314 e. The molecular formula is C15H22N2O2S. The van der Waals surface area contributed by atoms with Crippen LogP contribution in [0.4, 0.5) is 0 Å². The molecule has 110 valence electrons. The molecule has 2 unspecified atom stereocenters. The lowest BCUT2D eigenvalue weighted by atomic mass is 10.1. The second kappa shape index (κ2) is 5.47. The Kier molecular flexibility index (Phi) is 3.84. The van der Waals surface area contributed by atoms with Gasteiger partial charge in [-0.15, -0.1) is 0 Å². The molecule has 0 bridgehead atoms. The zero-order chi connectivity index (χ0) is 14.2. The van der Waals surface area contributed by atoms with Crippen molar-refractivity contribution < 1.29 is 8.42 Å². The molecule has 1 aromatic carbocycles. The van der Waals surface area contributed by atoms with Crippen molar-refractivity contribution >= 4 is 10.0 Å². The number of hydrogen-bond donors (Lipinski definition) is 2. The Labute approximate surface area is 121 Å². The molecule has 2 aliphatic rings. The van der Waals surface area contributed by atoms with Gasteiger partial charge in [-0.2, -0.15) is 0 Å². The molecule has 2 fully saturated rings. The van der Waals surface area contributed by atoms with E-state index in [9.17, 15) is 8.42 Å². The Morgan fingerprint density at radius 3 is 2.40 bits per heavy atom. The predicted molar refractivity (Wildman–Crippen MR) is 79.1 cm³/mol. The highest BCUT2D eigenvalue weighted by Gasteiger charge is 2.36. The third-order valence-electron chi connectivity index (χ3n) is 4.07. The summed E-state index contributed by atoms with van der Waals surface area (Å²) < 4.78 is 27.0. The van der Waals surface area contributed by atoms with Crippen LogP contribution in [0, 0.1) is 5.92 Å². The fraction of sp³-hybridized carbons (Fsp3) is 0.600. The Morgan fingerprint density at radius 2 is 1.85 bits per heavy atom. The van der Waals surface area contributed by atoms with Crippen LogP contribution in [-0.4, -0.2) is 27.0 Å². The molecule has 0 amide bonds. The summed E-state index contributed by atoms with van der Waals surface area (Å²) in [5.74, 6) is 0.470. The van der Waals surface area contributed by atoms with E-state index in [4.69, 9.17) is 0 Å². The topological polar surface area (TPSA) is 58.2 Å². The first-order valence-corrected chi connectivity index (χ1v) is 8.87. The SMILES string of the molecule is CC1CC1NS(=O)(=O)c1ccc(CCNC2CC2)cc1. The Balaban J connectivity index is 1.56. The van der Waals surface area contributed by atoms with Crippen molar-refractivity contribution in [2.75, 3.05) is 6.54 Å². The highest BCUT2D eigenvalue weighted by Crippen LogP contribution is 2.30. The van der Waals surface area contributed by atoms with Crippen LogP contribution in [0.1, 0.15) is 31.7 Å². The lowest BCUT2D eigenvalue weighted by Gasteiger charge is -2.07. The minimum atomic E-state index is -3.34. The van der Waals surface area contributed by atoms with Gasteiger partial charge in [0.1, 0.15) is 0 Å². The molecule has 2 saturated carbocycles. The van der Waals surface area contributed by atoms with Crippen LogP contribution in [0.15, 0.2) is 29.2 Å². The summed E-state index contributed by atoms with van der Waals surface area (Å²) in [5.41, 5.74) is 1.18. The van der Waals surface area contributed by atoms with E-state index >= 15 is 0 Å². The van der Waals surface area contributed by atoms with Crippen LogP contribution in [0.5, 0.6) is 0 Å². The minimum absolute atomic E-state index is 0.127. The third kappa shape index (κ3) is 3.59. The van der Waals surface area contributed by atoms with E-state index in [1.165, 1.54) is 18.4 Å². The van der Waals surface area contributed by atoms with E-state index in [0.717, 1.165) is 25.4 Å². The van der Waals surface area contributed by atoms with Crippen LogP contribution in [0.25, 0.3) is 0 Å². The summed E-state index contributed by atoms with van der Waals surface area (Å²) in [6.45, 7) is 3.03. The molecule has 2 atom stereocenters. The van der Waals surface area contributed by atoms with Crippen LogP contribution >= 0.6 is 0 Å². The number of sulfonamides is 1. The van der Waals surface area contributed by atoms with Crippen molar-refractivity contribution in [2.24, 2.45) is 5.92 Å². The molecule has 2 aliphatic carbocycles. The van der Waals surface area contributed by atoms with Crippen LogP contribution < -0.4 is 10.0 Å². The van der Waals surface area contributed by atoms with Gasteiger partial charge >= 0.3 is 0 Å². The normalized spacial score (nSPS) is 25.6. The zero-order valence-electron chi connectivity index (χ0n) is 11.8. The standard InChI is InChI=1S/C15H22N2O2S/c1-11-10-15(11)17-20(18,19)14-6-2-12(3-7-14)8-9-16-13-4-5-13/h2-3,6-7,11,13,15-17H,4-5,8-10H2,1H3. The van der Waals surface area contributed by atoms with Gasteiger partial charge < -0.3 is 5.32 Å². The van der Waals surface area contributed by atoms with Crippen molar-refractivity contribution in [3.8, 4) is 0 Å². The first kappa shape index (κ1) is 14.0. The van der Waals surface area contributed by atoms with Gasteiger partial charge in [0.15, 0.2) is 0 Å². The summed E-state index contributed by atoms with van der Waals surface area (Å²) in [4.78, 5) is 0.371. The first-order chi connectivity index (χ1) is 9.54. The molecule has 0 heterocycles. The van der Waals surface area contributed by atoms with E-state index < -0.39 is 10.0 Å². The Hall–Kier alpha value is -0.910. The summed E-state index contributed by atoms with van der Waals surface area (Å²) in [5, 5.41) is 3.46. The van der Waals surface area contributed by atoms with Crippen molar-refractivity contribution in [1.29, 1.82) is 0 Å². The summed E-state index contributed by atoms with van der Waals surface area (Å²) >= 11 is 0. The average molecular weight is 294 g/mol. The lowest BCUT2D eigenvalue weighted by molar-refractivity contribution is 0.578. The number of hydrogen-bond acceptors (Lipinski definition) is 3. The largest absolute Gasteiger partial charge is 0.314 e. The molecule has 20 heavy (non-hydrogen) atoms. The van der Waals surface area contributed by atoms with Gasteiger partial charge in [0.05, 0.1) is 4.90 Å². The predicted octanol–water partition coefficient (Wildman–Crippen LogP) is 1.67. The van der Waals surface area contributed by atoms with E-state index in [-0.39, 0.29) is 6.04 Å². The van der Waals surface area contributed by atoms with Crippen LogP contribution in [0.2, 0.25) is 0 Å². The fourth-order valence-corrected chi connectivity index (χ4v) is 3.65. The van der Waals surface area contributed by atoms with Gasteiger partial charge in [-0.05, 0) is 55.8 Å². The van der Waals surface area contributed by atoms with E-state index in [2.05, 4.69) is 17.0 Å². The zero-order valence-corrected chi connectivity index (χ0v) is 12.6. The van der Waals surface area contributed by atoms with Crippen molar-refractivity contribution in [3.63, 3.8) is 0 Å². The molecule has 0 saturated heterocycles. The first-order valence-electron chi connectivity index (χ1n) is 7.39. The second-order valence-corrected chi connectivity index (χ2v) is 7.78. The molecule has 0 radical (unpaired) electrons. The van der Waals surface area contributed by atoms with Gasteiger partial charge in [-0.3, -0.25) is 0 Å². The van der Waals surface area contributed by atoms with E-state index in [1.54, 1.807) is 12.1 Å². The van der Waals surface area contributed by atoms with E-state index in [0.29, 0.717) is 10.8 Å². The molecule has 3 rings (SSSR count). The highest BCUT2D eigenvalue weighted by atomic mass is 32.2. The van der Waals surface area contributed by atoms with Gasteiger partial charge in [0.25, 0.3) is 0 Å². The average Bonchev–Trinajstić information content (AvgIpc) is 3.31. The fourth-order valence-electron chi connectivity index (χ4n) is 2.30. The molecule has 0 aliphatic heterocycles. The summed E-state index contributed by atoms with van der Waals surface area (Å²) in [6.07, 6.45) is 4.49. The van der Waals surface area contributed by atoms with Gasteiger partial charge in [-0.1, -0.05) is 19.1 Å². The summed E-state index contributed by atoms with van der Waals surface area (Å²) in [7, 11) is -3.34.